The Kier molecular flexibility index (Phi) is 3.49. The lowest BCUT2D eigenvalue weighted by atomic mass is 10.2. The highest BCUT2D eigenvalue weighted by atomic mass is 32.2. The van der Waals surface area contributed by atoms with E-state index in [0.717, 1.165) is 5.56 Å². The van der Waals surface area contributed by atoms with Gasteiger partial charge in [0.1, 0.15) is 10.1 Å². The molecule has 0 saturated carbocycles. The number of rotatable bonds is 2. The molecule has 17 heavy (non-hydrogen) atoms. The van der Waals surface area contributed by atoms with Crippen LogP contribution in [0.15, 0.2) is 29.2 Å². The van der Waals surface area contributed by atoms with E-state index in [1.54, 1.807) is 35.2 Å². The van der Waals surface area contributed by atoms with Gasteiger partial charge in [-0.05, 0) is 30.7 Å². The first-order valence-corrected chi connectivity index (χ1v) is 6.38. The Morgan fingerprint density at radius 1 is 1.41 bits per heavy atom. The molecule has 1 amide bonds. The molecule has 1 aliphatic rings. The zero-order valence-corrected chi connectivity index (χ0v) is 10.8. The van der Waals surface area contributed by atoms with Crippen LogP contribution >= 0.6 is 24.0 Å². The zero-order chi connectivity index (χ0) is 12.4. The first-order valence-electron chi connectivity index (χ1n) is 5.16. The van der Waals surface area contributed by atoms with Gasteiger partial charge in [-0.15, -0.1) is 0 Å². The van der Waals surface area contributed by atoms with Crippen molar-refractivity contribution in [3.8, 4) is 5.75 Å². The molecule has 1 fully saturated rings. The van der Waals surface area contributed by atoms with Crippen LogP contribution in [0.3, 0.4) is 0 Å². The van der Waals surface area contributed by atoms with Crippen molar-refractivity contribution < 1.29 is 9.90 Å². The van der Waals surface area contributed by atoms with Crippen molar-refractivity contribution in [2.24, 2.45) is 0 Å². The Hall–Kier alpha value is -1.33. The van der Waals surface area contributed by atoms with Gasteiger partial charge in [0.2, 0.25) is 0 Å². The predicted octanol–water partition coefficient (Wildman–Crippen LogP) is 2.61. The topological polar surface area (TPSA) is 40.5 Å². The molecule has 1 saturated heterocycles. The SMILES string of the molecule is CCN1C(=O)/C(=C/c2ccc(O)cc2)SC1=S. The number of aromatic hydroxyl groups is 1. The highest BCUT2D eigenvalue weighted by molar-refractivity contribution is 8.26. The maximum atomic E-state index is 11.9. The largest absolute Gasteiger partial charge is 0.508 e. The number of phenolic OH excluding ortho intramolecular Hbond substituents is 1. The van der Waals surface area contributed by atoms with Crippen LogP contribution in [-0.2, 0) is 4.79 Å². The molecule has 0 aromatic heterocycles. The van der Waals surface area contributed by atoms with E-state index in [2.05, 4.69) is 0 Å². The third-order valence-electron chi connectivity index (χ3n) is 2.38. The van der Waals surface area contributed by atoms with Crippen molar-refractivity contribution in [2.75, 3.05) is 6.54 Å². The molecule has 0 aliphatic carbocycles. The second kappa shape index (κ2) is 4.89. The summed E-state index contributed by atoms with van der Waals surface area (Å²) < 4.78 is 0.600. The van der Waals surface area contributed by atoms with Crippen LogP contribution in [-0.4, -0.2) is 26.8 Å². The van der Waals surface area contributed by atoms with E-state index in [4.69, 9.17) is 17.3 Å². The van der Waals surface area contributed by atoms with Crippen LogP contribution in [0.5, 0.6) is 5.75 Å². The molecular weight excluding hydrogens is 254 g/mol. The molecule has 0 spiro atoms. The molecule has 1 N–H and O–H groups in total. The van der Waals surface area contributed by atoms with Crippen molar-refractivity contribution in [1.29, 1.82) is 0 Å². The molecule has 1 aliphatic heterocycles. The number of hydrogen-bond donors (Lipinski definition) is 1. The molecule has 1 heterocycles. The summed E-state index contributed by atoms with van der Waals surface area (Å²) in [4.78, 5) is 14.1. The van der Waals surface area contributed by atoms with Crippen LogP contribution in [0.25, 0.3) is 6.08 Å². The third-order valence-corrected chi connectivity index (χ3v) is 3.76. The lowest BCUT2D eigenvalue weighted by molar-refractivity contribution is -0.121. The van der Waals surface area contributed by atoms with E-state index < -0.39 is 0 Å². The molecule has 0 atom stereocenters. The Morgan fingerprint density at radius 2 is 2.06 bits per heavy atom. The van der Waals surface area contributed by atoms with Crippen molar-refractivity contribution in [2.45, 2.75) is 6.92 Å². The van der Waals surface area contributed by atoms with Crippen molar-refractivity contribution in [3.63, 3.8) is 0 Å². The van der Waals surface area contributed by atoms with Gasteiger partial charge in [0.25, 0.3) is 5.91 Å². The van der Waals surface area contributed by atoms with Crippen LogP contribution in [0.4, 0.5) is 0 Å². The maximum Gasteiger partial charge on any atom is 0.266 e. The lowest BCUT2D eigenvalue weighted by Gasteiger charge is -2.09. The van der Waals surface area contributed by atoms with Gasteiger partial charge in [-0.1, -0.05) is 36.1 Å². The molecule has 0 radical (unpaired) electrons. The van der Waals surface area contributed by atoms with Gasteiger partial charge >= 0.3 is 0 Å². The number of phenols is 1. The Morgan fingerprint density at radius 3 is 2.59 bits per heavy atom. The minimum atomic E-state index is -0.0458. The highest BCUT2D eigenvalue weighted by Gasteiger charge is 2.30. The lowest BCUT2D eigenvalue weighted by Crippen LogP contribution is -2.27. The normalized spacial score (nSPS) is 18.2. The number of nitrogens with zero attached hydrogens (tertiary/aromatic N) is 1. The summed E-state index contributed by atoms with van der Waals surface area (Å²) in [5.41, 5.74) is 0.874. The molecule has 88 valence electrons. The fourth-order valence-electron chi connectivity index (χ4n) is 1.49. The smallest absolute Gasteiger partial charge is 0.266 e. The van der Waals surface area contributed by atoms with Gasteiger partial charge < -0.3 is 5.11 Å². The average molecular weight is 265 g/mol. The van der Waals surface area contributed by atoms with E-state index in [1.807, 2.05) is 6.92 Å². The Bertz CT molecular complexity index is 494. The van der Waals surface area contributed by atoms with E-state index in [-0.39, 0.29) is 11.7 Å². The summed E-state index contributed by atoms with van der Waals surface area (Å²) in [6, 6.07) is 6.69. The second-order valence-electron chi connectivity index (χ2n) is 3.52. The van der Waals surface area contributed by atoms with Gasteiger partial charge in [0, 0.05) is 6.54 Å². The monoisotopic (exact) mass is 265 g/mol. The first-order chi connectivity index (χ1) is 8.11. The number of amides is 1. The molecule has 1 aromatic rings. The van der Waals surface area contributed by atoms with Crippen molar-refractivity contribution in [3.05, 3.63) is 34.7 Å². The van der Waals surface area contributed by atoms with Gasteiger partial charge in [0.15, 0.2) is 0 Å². The fourth-order valence-corrected chi connectivity index (χ4v) is 2.88. The summed E-state index contributed by atoms with van der Waals surface area (Å²) >= 11 is 6.43. The van der Waals surface area contributed by atoms with Crippen molar-refractivity contribution >= 4 is 40.3 Å². The first kappa shape index (κ1) is 12.1. The molecule has 2 rings (SSSR count). The standard InChI is InChI=1S/C12H11NO2S2/c1-2-13-11(15)10(17-12(13)16)7-8-3-5-9(14)6-4-8/h3-7,14H,2H2,1H3/b10-7-. The molecular formula is C12H11NO2S2. The van der Waals surface area contributed by atoms with Crippen LogP contribution in [0.1, 0.15) is 12.5 Å². The van der Waals surface area contributed by atoms with Crippen LogP contribution in [0.2, 0.25) is 0 Å². The summed E-state index contributed by atoms with van der Waals surface area (Å²) in [7, 11) is 0. The minimum Gasteiger partial charge on any atom is -0.508 e. The van der Waals surface area contributed by atoms with Crippen LogP contribution in [0, 0.1) is 0 Å². The summed E-state index contributed by atoms with van der Waals surface area (Å²) in [5, 5.41) is 9.17. The number of thioether (sulfide) groups is 1. The van der Waals surface area contributed by atoms with Gasteiger partial charge in [-0.2, -0.15) is 0 Å². The number of benzene rings is 1. The molecule has 0 bridgehead atoms. The number of carbonyl (C=O) groups is 1. The second-order valence-corrected chi connectivity index (χ2v) is 5.19. The summed E-state index contributed by atoms with van der Waals surface area (Å²) in [6.45, 7) is 2.49. The molecule has 5 heteroatoms. The van der Waals surface area contributed by atoms with E-state index in [0.29, 0.717) is 15.8 Å². The average Bonchev–Trinajstić information content (AvgIpc) is 2.57. The number of carbonyl (C=O) groups excluding carboxylic acids is 1. The number of hydrogen-bond acceptors (Lipinski definition) is 4. The fraction of sp³-hybridized carbons (Fsp3) is 0.167. The Labute approximate surface area is 109 Å². The van der Waals surface area contributed by atoms with E-state index in [9.17, 15) is 4.79 Å². The van der Waals surface area contributed by atoms with Gasteiger partial charge in [-0.25, -0.2) is 0 Å². The third kappa shape index (κ3) is 2.50. The van der Waals surface area contributed by atoms with Crippen molar-refractivity contribution in [1.82, 2.24) is 4.90 Å². The molecule has 0 unspecified atom stereocenters. The number of thiocarbonyl (C=S) groups is 1. The Balaban J connectivity index is 2.27. The molecule has 1 aromatic carbocycles. The van der Waals surface area contributed by atoms with E-state index >= 15 is 0 Å². The quantitative estimate of drug-likeness (QED) is 0.659. The van der Waals surface area contributed by atoms with Gasteiger partial charge in [-0.3, -0.25) is 9.69 Å². The summed E-state index contributed by atoms with van der Waals surface area (Å²) in [5.74, 6) is 0.166. The predicted molar refractivity (Wildman–Crippen MR) is 73.7 cm³/mol. The highest BCUT2D eigenvalue weighted by Crippen LogP contribution is 2.32. The van der Waals surface area contributed by atoms with Gasteiger partial charge in [0.05, 0.1) is 4.91 Å². The number of likely N-dealkylation sites (N-methyl/N-ethyl adjacent to an activating group) is 1. The zero-order valence-electron chi connectivity index (χ0n) is 9.21. The summed E-state index contributed by atoms with van der Waals surface area (Å²) in [6.07, 6.45) is 1.79. The van der Waals surface area contributed by atoms with Crippen LogP contribution < -0.4 is 0 Å². The minimum absolute atomic E-state index is 0.0458. The van der Waals surface area contributed by atoms with E-state index in [1.165, 1.54) is 11.8 Å². The maximum absolute atomic E-state index is 11.9. The molecule has 3 nitrogen and oxygen atoms in total.